The Morgan fingerprint density at radius 2 is 0.922 bits per heavy atom. The third-order valence-corrected chi connectivity index (χ3v) is 14.4. The van der Waals surface area contributed by atoms with Gasteiger partial charge in [0, 0.05) is 27.5 Å². The topological polar surface area (TPSA) is 18.1 Å². The summed E-state index contributed by atoms with van der Waals surface area (Å²) in [7, 11) is 0. The van der Waals surface area contributed by atoms with Gasteiger partial charge in [-0.3, -0.25) is 0 Å². The minimum absolute atomic E-state index is 0.0219. The zero-order valence-corrected chi connectivity index (χ0v) is 34.9. The van der Waals surface area contributed by atoms with Crippen LogP contribution in [0.2, 0.25) is 0 Å². The van der Waals surface area contributed by atoms with E-state index in [1.807, 2.05) is 12.1 Å². The number of furan rings is 1. The van der Waals surface area contributed by atoms with Gasteiger partial charge in [-0.05, 0) is 103 Å². The first-order valence-electron chi connectivity index (χ1n) is 22.3. The highest BCUT2D eigenvalue weighted by molar-refractivity contribution is 6.13. The minimum atomic E-state index is -0.524. The molecule has 298 valence electrons. The summed E-state index contributed by atoms with van der Waals surface area (Å²) in [4.78, 5) is 0. The second-order valence-electron chi connectivity index (χ2n) is 17.5. The number of para-hydroxylation sites is 4. The quantitative estimate of drug-likeness (QED) is 0.158. The Hall–Kier alpha value is -8.20. The molecular formula is C62H39NO. The van der Waals surface area contributed by atoms with Crippen molar-refractivity contribution in [3.8, 4) is 39.1 Å². The van der Waals surface area contributed by atoms with Crippen LogP contribution < -0.4 is 0 Å². The Balaban J connectivity index is 0.984. The predicted octanol–water partition coefficient (Wildman–Crippen LogP) is 15.9. The summed E-state index contributed by atoms with van der Waals surface area (Å²) in [5, 5.41) is 4.86. The molecule has 3 heterocycles. The van der Waals surface area contributed by atoms with Crippen molar-refractivity contribution < 1.29 is 4.42 Å². The highest BCUT2D eigenvalue weighted by Crippen LogP contribution is 2.61. The molecule has 0 amide bonds. The number of aromatic nitrogens is 1. The number of benzene rings is 10. The monoisotopic (exact) mass is 813 g/mol. The maximum atomic E-state index is 6.19. The number of fused-ring (bicyclic) bond motifs is 15. The van der Waals surface area contributed by atoms with Crippen LogP contribution in [0.3, 0.4) is 0 Å². The molecule has 12 aromatic rings. The average Bonchev–Trinajstić information content (AvgIpc) is 4.01. The molecule has 0 radical (unpaired) electrons. The van der Waals surface area contributed by atoms with Crippen molar-refractivity contribution in [2.24, 2.45) is 0 Å². The molecule has 1 spiro atoms. The Kier molecular flexibility index (Phi) is 7.41. The molecule has 2 heteroatoms. The van der Waals surface area contributed by atoms with Crippen molar-refractivity contribution in [1.82, 2.24) is 4.57 Å². The molecule has 10 aromatic carbocycles. The Morgan fingerprint density at radius 3 is 1.75 bits per heavy atom. The van der Waals surface area contributed by atoms with E-state index in [0.29, 0.717) is 0 Å². The van der Waals surface area contributed by atoms with E-state index in [4.69, 9.17) is 4.42 Å². The zero-order valence-electron chi connectivity index (χ0n) is 34.9. The summed E-state index contributed by atoms with van der Waals surface area (Å²) in [5.41, 5.74) is 21.6. The van der Waals surface area contributed by atoms with E-state index in [-0.39, 0.29) is 5.92 Å². The van der Waals surface area contributed by atoms with Crippen LogP contribution in [-0.2, 0) is 5.41 Å². The van der Waals surface area contributed by atoms with Crippen LogP contribution in [0, 0.1) is 0 Å². The van der Waals surface area contributed by atoms with E-state index in [1.54, 1.807) is 0 Å². The van der Waals surface area contributed by atoms with E-state index in [0.717, 1.165) is 21.9 Å². The molecule has 0 N–H and O–H groups in total. The largest absolute Gasteiger partial charge is 0.456 e. The molecule has 14 rings (SSSR count). The number of hydrogen-bond donors (Lipinski definition) is 0. The Morgan fingerprint density at radius 1 is 0.344 bits per heavy atom. The van der Waals surface area contributed by atoms with Crippen molar-refractivity contribution in [1.29, 1.82) is 0 Å². The van der Waals surface area contributed by atoms with E-state index < -0.39 is 5.41 Å². The SMILES string of the molecule is c1ccc(-c2ccc(C(c3ccc(-c4ccc5oc6ccccc6c5c4)cc3)c3ccc4c(c3)C3(c5ccccc5-4)c4ccccc4-n4c5ccccc5c5cccc3c54)cc2)cc1. The smallest absolute Gasteiger partial charge is 0.135 e. The maximum absolute atomic E-state index is 6.19. The third-order valence-electron chi connectivity index (χ3n) is 14.4. The number of rotatable bonds is 5. The fourth-order valence-electron chi connectivity index (χ4n) is 11.6. The Labute approximate surface area is 370 Å². The molecule has 2 nitrogen and oxygen atoms in total. The molecule has 2 aromatic heterocycles. The van der Waals surface area contributed by atoms with Crippen LogP contribution in [0.5, 0.6) is 0 Å². The van der Waals surface area contributed by atoms with Gasteiger partial charge in [0.25, 0.3) is 0 Å². The molecule has 1 aliphatic heterocycles. The van der Waals surface area contributed by atoms with Gasteiger partial charge in [0.05, 0.1) is 22.1 Å². The Bertz CT molecular complexity index is 3830. The molecular weight excluding hydrogens is 775 g/mol. The predicted molar refractivity (Wildman–Crippen MR) is 264 cm³/mol. The van der Waals surface area contributed by atoms with Crippen molar-refractivity contribution in [3.63, 3.8) is 0 Å². The fourth-order valence-corrected chi connectivity index (χ4v) is 11.6. The van der Waals surface area contributed by atoms with Crippen molar-refractivity contribution in [3.05, 3.63) is 269 Å². The summed E-state index contributed by atoms with van der Waals surface area (Å²) >= 11 is 0. The van der Waals surface area contributed by atoms with E-state index in [9.17, 15) is 0 Å². The van der Waals surface area contributed by atoms with Crippen LogP contribution in [-0.4, -0.2) is 4.57 Å². The van der Waals surface area contributed by atoms with Crippen LogP contribution in [0.1, 0.15) is 44.9 Å². The normalized spacial score (nSPS) is 15.2. The van der Waals surface area contributed by atoms with Gasteiger partial charge in [0.2, 0.25) is 0 Å². The van der Waals surface area contributed by atoms with Crippen LogP contribution in [0.25, 0.3) is 82.8 Å². The van der Waals surface area contributed by atoms with Crippen molar-refractivity contribution in [2.75, 3.05) is 0 Å². The van der Waals surface area contributed by atoms with Gasteiger partial charge in [-0.2, -0.15) is 0 Å². The lowest BCUT2D eigenvalue weighted by Crippen LogP contribution is -2.33. The van der Waals surface area contributed by atoms with Gasteiger partial charge >= 0.3 is 0 Å². The molecule has 0 bridgehead atoms. The first-order chi connectivity index (χ1) is 31.7. The molecule has 0 fully saturated rings. The second kappa shape index (κ2) is 13.4. The molecule has 2 atom stereocenters. The molecule has 2 unspecified atom stereocenters. The van der Waals surface area contributed by atoms with E-state index in [1.165, 1.54) is 99.8 Å². The maximum Gasteiger partial charge on any atom is 0.135 e. The van der Waals surface area contributed by atoms with Gasteiger partial charge in [-0.1, -0.05) is 200 Å². The van der Waals surface area contributed by atoms with Gasteiger partial charge in [-0.25, -0.2) is 0 Å². The number of nitrogens with zero attached hydrogens (tertiary/aromatic N) is 1. The van der Waals surface area contributed by atoms with Gasteiger partial charge in [-0.15, -0.1) is 0 Å². The molecule has 0 saturated carbocycles. The average molecular weight is 814 g/mol. The van der Waals surface area contributed by atoms with Crippen LogP contribution in [0.4, 0.5) is 0 Å². The van der Waals surface area contributed by atoms with Gasteiger partial charge in [0.1, 0.15) is 11.2 Å². The summed E-state index contributed by atoms with van der Waals surface area (Å²) in [5.74, 6) is -0.0219. The summed E-state index contributed by atoms with van der Waals surface area (Å²) in [6, 6.07) is 85.6. The van der Waals surface area contributed by atoms with Crippen LogP contribution in [0.15, 0.2) is 235 Å². The lowest BCUT2D eigenvalue weighted by atomic mass is 9.65. The second-order valence-corrected chi connectivity index (χ2v) is 17.5. The van der Waals surface area contributed by atoms with Crippen molar-refractivity contribution >= 4 is 43.7 Å². The third kappa shape index (κ3) is 4.85. The summed E-state index contributed by atoms with van der Waals surface area (Å²) in [6.45, 7) is 0. The standard InChI is InChI=1S/C62H39NO/c1-2-13-39(14-3-1)40-25-29-42(30-26-40)60(43-31-27-41(28-32-43)44-34-36-59-51(37-44)49-17-6-11-24-58(49)64-59)45-33-35-47-46-15-4-7-19-52(46)62(55(47)38-45)53-20-8-10-23-57(53)63-56-22-9-5-16-48(56)50-18-12-21-54(62)61(50)63/h1-38,60H. The fraction of sp³-hybridized carbons (Fsp3) is 0.0323. The first kappa shape index (κ1) is 35.4. The molecule has 1 aliphatic carbocycles. The van der Waals surface area contributed by atoms with Crippen molar-refractivity contribution in [2.45, 2.75) is 11.3 Å². The molecule has 0 saturated heterocycles. The van der Waals surface area contributed by atoms with Gasteiger partial charge < -0.3 is 8.98 Å². The minimum Gasteiger partial charge on any atom is -0.456 e. The first-order valence-corrected chi connectivity index (χ1v) is 22.3. The lowest BCUT2D eigenvalue weighted by Gasteiger charge is -2.39. The number of hydrogen-bond acceptors (Lipinski definition) is 1. The highest BCUT2D eigenvalue weighted by atomic mass is 16.3. The lowest BCUT2D eigenvalue weighted by molar-refractivity contribution is 0.669. The summed E-state index contributed by atoms with van der Waals surface area (Å²) in [6.07, 6.45) is 0. The highest BCUT2D eigenvalue weighted by Gasteiger charge is 2.51. The molecule has 2 aliphatic rings. The van der Waals surface area contributed by atoms with Gasteiger partial charge in [0.15, 0.2) is 0 Å². The summed E-state index contributed by atoms with van der Waals surface area (Å²) < 4.78 is 8.71. The van der Waals surface area contributed by atoms with E-state index in [2.05, 4.69) is 223 Å². The molecule has 64 heavy (non-hydrogen) atoms. The zero-order chi connectivity index (χ0) is 41.9. The van der Waals surface area contributed by atoms with E-state index >= 15 is 0 Å². The van der Waals surface area contributed by atoms with Crippen LogP contribution >= 0.6 is 0 Å².